The molecule has 1 rings (SSSR count). The molecule has 0 fully saturated rings. The summed E-state index contributed by atoms with van der Waals surface area (Å²) in [5.74, 6) is 0.677. The number of hydrogen-bond donors (Lipinski definition) is 1. The summed E-state index contributed by atoms with van der Waals surface area (Å²) in [6, 6.07) is 5.09. The second kappa shape index (κ2) is 6.53. The molecular formula is C10H13Cl2NO2. The highest BCUT2D eigenvalue weighted by Crippen LogP contribution is 2.25. The van der Waals surface area contributed by atoms with Crippen LogP contribution in [0.2, 0.25) is 5.02 Å². The average Bonchev–Trinajstić information content (AvgIpc) is 2.19. The molecule has 0 unspecified atom stereocenters. The number of nitrogens with one attached hydrogen (secondary N) is 1. The number of halogens is 2. The van der Waals surface area contributed by atoms with Crippen molar-refractivity contribution in [3.63, 3.8) is 0 Å². The Balaban J connectivity index is 0.00000196. The molecule has 0 amide bonds. The zero-order valence-electron chi connectivity index (χ0n) is 8.54. The summed E-state index contributed by atoms with van der Waals surface area (Å²) < 4.78 is 10.1. The van der Waals surface area contributed by atoms with Crippen LogP contribution in [0.4, 0.5) is 0 Å². The molecule has 0 aliphatic carbocycles. The standard InChI is InChI=1S/C10H12ClNO2.ClH/c1-3-14-10(12)7-4-5-8(11)9(6-7)13-2;/h4-6,12H,3H2,1-2H3;1H. The lowest BCUT2D eigenvalue weighted by Crippen LogP contribution is -2.04. The van der Waals surface area contributed by atoms with Gasteiger partial charge in [0.25, 0.3) is 0 Å². The number of benzene rings is 1. The quantitative estimate of drug-likeness (QED) is 0.661. The number of methoxy groups -OCH3 is 1. The predicted octanol–water partition coefficient (Wildman–Crippen LogP) is 3.13. The van der Waals surface area contributed by atoms with E-state index >= 15 is 0 Å². The molecular weight excluding hydrogens is 237 g/mol. The third kappa shape index (κ3) is 3.61. The third-order valence-electron chi connectivity index (χ3n) is 1.70. The van der Waals surface area contributed by atoms with E-state index in [0.717, 1.165) is 0 Å². The Morgan fingerprint density at radius 1 is 1.47 bits per heavy atom. The van der Waals surface area contributed by atoms with E-state index in [0.29, 0.717) is 22.9 Å². The minimum Gasteiger partial charge on any atom is -0.495 e. The van der Waals surface area contributed by atoms with Crippen LogP contribution >= 0.6 is 24.0 Å². The van der Waals surface area contributed by atoms with E-state index in [-0.39, 0.29) is 18.3 Å². The van der Waals surface area contributed by atoms with E-state index < -0.39 is 0 Å². The van der Waals surface area contributed by atoms with Crippen molar-refractivity contribution in [1.82, 2.24) is 0 Å². The van der Waals surface area contributed by atoms with Gasteiger partial charge in [-0.2, -0.15) is 0 Å². The van der Waals surface area contributed by atoms with Gasteiger partial charge in [-0.25, -0.2) is 0 Å². The van der Waals surface area contributed by atoms with Crippen LogP contribution < -0.4 is 4.74 Å². The second-order valence-corrected chi connectivity index (χ2v) is 3.02. The van der Waals surface area contributed by atoms with Gasteiger partial charge in [0.15, 0.2) is 0 Å². The van der Waals surface area contributed by atoms with Crippen LogP contribution in [-0.2, 0) is 4.74 Å². The van der Waals surface area contributed by atoms with Crippen LogP contribution in [0.5, 0.6) is 5.75 Å². The minimum atomic E-state index is 0. The van der Waals surface area contributed by atoms with Gasteiger partial charge >= 0.3 is 0 Å². The first-order valence-corrected chi connectivity index (χ1v) is 4.62. The van der Waals surface area contributed by atoms with Crippen LogP contribution in [0, 0.1) is 5.41 Å². The molecule has 1 aromatic rings. The van der Waals surface area contributed by atoms with Gasteiger partial charge in [0.1, 0.15) is 5.75 Å². The summed E-state index contributed by atoms with van der Waals surface area (Å²) in [6.45, 7) is 2.31. The Bertz CT molecular complexity index is 342. The predicted molar refractivity (Wildman–Crippen MR) is 63.7 cm³/mol. The number of hydrogen-bond acceptors (Lipinski definition) is 3. The summed E-state index contributed by atoms with van der Waals surface area (Å²) in [7, 11) is 1.54. The van der Waals surface area contributed by atoms with Crippen molar-refractivity contribution in [1.29, 1.82) is 5.41 Å². The molecule has 15 heavy (non-hydrogen) atoms. The fourth-order valence-corrected chi connectivity index (χ4v) is 1.22. The fraction of sp³-hybridized carbons (Fsp3) is 0.300. The van der Waals surface area contributed by atoms with Gasteiger partial charge in [0, 0.05) is 5.56 Å². The van der Waals surface area contributed by atoms with Crippen molar-refractivity contribution in [2.24, 2.45) is 0 Å². The van der Waals surface area contributed by atoms with E-state index in [1.165, 1.54) is 7.11 Å². The van der Waals surface area contributed by atoms with E-state index in [4.69, 9.17) is 26.5 Å². The normalized spacial score (nSPS) is 9.00. The van der Waals surface area contributed by atoms with Gasteiger partial charge in [-0.3, -0.25) is 5.41 Å². The van der Waals surface area contributed by atoms with Gasteiger partial charge in [-0.1, -0.05) is 11.6 Å². The molecule has 5 heteroatoms. The Morgan fingerprint density at radius 2 is 2.13 bits per heavy atom. The molecule has 0 bridgehead atoms. The van der Waals surface area contributed by atoms with Crippen molar-refractivity contribution in [3.05, 3.63) is 28.8 Å². The topological polar surface area (TPSA) is 42.3 Å². The molecule has 0 aliphatic rings. The van der Waals surface area contributed by atoms with Gasteiger partial charge in [0.05, 0.1) is 18.7 Å². The molecule has 0 atom stereocenters. The summed E-state index contributed by atoms with van der Waals surface area (Å²) >= 11 is 5.84. The van der Waals surface area contributed by atoms with Gasteiger partial charge < -0.3 is 9.47 Å². The molecule has 3 nitrogen and oxygen atoms in total. The first-order chi connectivity index (χ1) is 6.69. The van der Waals surface area contributed by atoms with Gasteiger partial charge in [-0.05, 0) is 25.1 Å². The van der Waals surface area contributed by atoms with Gasteiger partial charge in [0.2, 0.25) is 5.90 Å². The largest absolute Gasteiger partial charge is 0.495 e. The average molecular weight is 250 g/mol. The van der Waals surface area contributed by atoms with E-state index in [2.05, 4.69) is 0 Å². The maximum absolute atomic E-state index is 7.55. The number of ether oxygens (including phenoxy) is 2. The smallest absolute Gasteiger partial charge is 0.213 e. The molecule has 0 saturated heterocycles. The lowest BCUT2D eigenvalue weighted by atomic mass is 10.2. The summed E-state index contributed by atoms with van der Waals surface area (Å²) in [4.78, 5) is 0. The molecule has 0 aliphatic heterocycles. The molecule has 0 radical (unpaired) electrons. The lowest BCUT2D eigenvalue weighted by Gasteiger charge is -2.07. The summed E-state index contributed by atoms with van der Waals surface area (Å²) in [5, 5.41) is 8.08. The molecule has 0 spiro atoms. The summed E-state index contributed by atoms with van der Waals surface area (Å²) in [6.07, 6.45) is 0. The minimum absolute atomic E-state index is 0. The Hall–Kier alpha value is -0.930. The first-order valence-electron chi connectivity index (χ1n) is 4.24. The zero-order valence-corrected chi connectivity index (χ0v) is 10.1. The molecule has 0 saturated carbocycles. The van der Waals surface area contributed by atoms with Crippen molar-refractivity contribution in [2.45, 2.75) is 6.92 Å². The monoisotopic (exact) mass is 249 g/mol. The van der Waals surface area contributed by atoms with Crippen LogP contribution in [0.1, 0.15) is 12.5 Å². The maximum Gasteiger partial charge on any atom is 0.213 e. The van der Waals surface area contributed by atoms with E-state index in [1.54, 1.807) is 18.2 Å². The molecule has 0 heterocycles. The van der Waals surface area contributed by atoms with E-state index in [1.807, 2.05) is 6.92 Å². The summed E-state index contributed by atoms with van der Waals surface area (Å²) in [5.41, 5.74) is 0.660. The highest BCUT2D eigenvalue weighted by atomic mass is 35.5. The van der Waals surface area contributed by atoms with Crippen molar-refractivity contribution < 1.29 is 9.47 Å². The van der Waals surface area contributed by atoms with Crippen molar-refractivity contribution in [2.75, 3.05) is 13.7 Å². The molecule has 1 aromatic carbocycles. The molecule has 0 aromatic heterocycles. The van der Waals surface area contributed by atoms with E-state index in [9.17, 15) is 0 Å². The van der Waals surface area contributed by atoms with Crippen LogP contribution in [0.15, 0.2) is 18.2 Å². The SMILES string of the molecule is CCOC(=N)c1ccc(Cl)c(OC)c1.Cl. The van der Waals surface area contributed by atoms with Crippen LogP contribution in [0.25, 0.3) is 0 Å². The zero-order chi connectivity index (χ0) is 10.6. The van der Waals surface area contributed by atoms with Crippen molar-refractivity contribution in [3.8, 4) is 5.75 Å². The Labute approximate surface area is 100 Å². The number of rotatable bonds is 3. The molecule has 1 N–H and O–H groups in total. The van der Waals surface area contributed by atoms with Crippen molar-refractivity contribution >= 4 is 29.9 Å². The molecule has 84 valence electrons. The van der Waals surface area contributed by atoms with Crippen LogP contribution in [0.3, 0.4) is 0 Å². The van der Waals surface area contributed by atoms with Crippen LogP contribution in [-0.4, -0.2) is 19.6 Å². The van der Waals surface area contributed by atoms with Gasteiger partial charge in [-0.15, -0.1) is 12.4 Å². The highest BCUT2D eigenvalue weighted by molar-refractivity contribution is 6.32. The Morgan fingerprint density at radius 3 is 2.67 bits per heavy atom. The highest BCUT2D eigenvalue weighted by Gasteiger charge is 2.06. The fourth-order valence-electron chi connectivity index (χ4n) is 1.03. The Kier molecular flexibility index (Phi) is 6.13. The maximum atomic E-state index is 7.55. The first kappa shape index (κ1) is 14.1. The third-order valence-corrected chi connectivity index (χ3v) is 2.01. The lowest BCUT2D eigenvalue weighted by molar-refractivity contribution is 0.325. The second-order valence-electron chi connectivity index (χ2n) is 2.61.